The van der Waals surface area contributed by atoms with E-state index < -0.39 is 0 Å². The first-order chi connectivity index (χ1) is 8.65. The maximum absolute atomic E-state index is 5.40. The van der Waals surface area contributed by atoms with Crippen LogP contribution in [0, 0.1) is 13.8 Å². The molecular weight excluding hydrogens is 242 g/mol. The molecule has 0 amide bonds. The van der Waals surface area contributed by atoms with Gasteiger partial charge in [-0.25, -0.2) is 0 Å². The second-order valence-corrected chi connectivity index (χ2v) is 5.47. The number of benzene rings is 1. The summed E-state index contributed by atoms with van der Waals surface area (Å²) in [5.41, 5.74) is 4.94. The van der Waals surface area contributed by atoms with Crippen molar-refractivity contribution in [3.63, 3.8) is 0 Å². The van der Waals surface area contributed by atoms with Crippen molar-refractivity contribution in [1.29, 1.82) is 0 Å². The second-order valence-electron chi connectivity index (χ2n) is 4.48. The van der Waals surface area contributed by atoms with E-state index in [0.29, 0.717) is 0 Å². The minimum absolute atomic E-state index is 0.929. The molecule has 2 nitrogen and oxygen atoms in total. The number of ether oxygens (including phenoxy) is 1. The van der Waals surface area contributed by atoms with Gasteiger partial charge in [0.15, 0.2) is 0 Å². The molecule has 96 valence electrons. The van der Waals surface area contributed by atoms with E-state index >= 15 is 0 Å². The van der Waals surface area contributed by atoms with Crippen LogP contribution >= 0.6 is 11.3 Å². The smallest absolute Gasteiger partial charge is 0.124 e. The molecule has 2 aromatic rings. The zero-order chi connectivity index (χ0) is 13.1. The first-order valence-electron chi connectivity index (χ1n) is 6.03. The molecule has 1 N–H and O–H groups in total. The lowest BCUT2D eigenvalue weighted by molar-refractivity contribution is 0.408. The van der Waals surface area contributed by atoms with Gasteiger partial charge in [0.2, 0.25) is 0 Å². The molecule has 3 heteroatoms. The molecule has 0 saturated carbocycles. The third kappa shape index (κ3) is 2.57. The van der Waals surface area contributed by atoms with Gasteiger partial charge in [-0.2, -0.15) is 0 Å². The standard InChI is InChI=1S/C15H19NOS/c1-10-5-12(6-11(2)15(10)17-4)13-7-14(8-16-3)18-9-13/h5-7,9,16H,8H2,1-4H3. The van der Waals surface area contributed by atoms with E-state index in [1.807, 2.05) is 7.05 Å². The Morgan fingerprint density at radius 2 is 1.78 bits per heavy atom. The lowest BCUT2D eigenvalue weighted by atomic mass is 10.0. The van der Waals surface area contributed by atoms with Crippen LogP contribution in [0.3, 0.4) is 0 Å². The maximum atomic E-state index is 5.40. The van der Waals surface area contributed by atoms with Crippen molar-refractivity contribution in [3.05, 3.63) is 39.6 Å². The molecule has 18 heavy (non-hydrogen) atoms. The van der Waals surface area contributed by atoms with Gasteiger partial charge in [-0.1, -0.05) is 0 Å². The van der Waals surface area contributed by atoms with Gasteiger partial charge < -0.3 is 10.1 Å². The molecule has 1 heterocycles. The Labute approximate surface area is 113 Å². The van der Waals surface area contributed by atoms with E-state index in [0.717, 1.165) is 12.3 Å². The summed E-state index contributed by atoms with van der Waals surface area (Å²) in [6.45, 7) is 5.12. The minimum atomic E-state index is 0.929. The largest absolute Gasteiger partial charge is 0.496 e. The Balaban J connectivity index is 2.38. The van der Waals surface area contributed by atoms with Crippen LogP contribution in [0.5, 0.6) is 5.75 Å². The molecule has 0 radical (unpaired) electrons. The molecule has 0 bridgehead atoms. The molecule has 0 unspecified atom stereocenters. The molecular formula is C15H19NOS. The summed E-state index contributed by atoms with van der Waals surface area (Å²) in [7, 11) is 3.70. The Kier molecular flexibility index (Phi) is 4.04. The lowest BCUT2D eigenvalue weighted by Crippen LogP contribution is -2.02. The molecule has 0 aliphatic heterocycles. The van der Waals surface area contributed by atoms with Gasteiger partial charge in [0.05, 0.1) is 7.11 Å². The second kappa shape index (κ2) is 5.55. The van der Waals surface area contributed by atoms with Crippen molar-refractivity contribution < 1.29 is 4.74 Å². The lowest BCUT2D eigenvalue weighted by Gasteiger charge is -2.10. The van der Waals surface area contributed by atoms with Gasteiger partial charge in [0.1, 0.15) is 5.75 Å². The van der Waals surface area contributed by atoms with Gasteiger partial charge in [-0.15, -0.1) is 11.3 Å². The van der Waals surface area contributed by atoms with Crippen molar-refractivity contribution in [1.82, 2.24) is 5.32 Å². The van der Waals surface area contributed by atoms with Crippen LogP contribution in [0.1, 0.15) is 16.0 Å². The highest BCUT2D eigenvalue weighted by Gasteiger charge is 2.08. The zero-order valence-electron chi connectivity index (χ0n) is 11.3. The van der Waals surface area contributed by atoms with E-state index in [9.17, 15) is 0 Å². The summed E-state index contributed by atoms with van der Waals surface area (Å²) in [6, 6.07) is 6.63. The Bertz CT molecular complexity index is 522. The van der Waals surface area contributed by atoms with Crippen LogP contribution in [-0.4, -0.2) is 14.2 Å². The molecule has 0 atom stereocenters. The van der Waals surface area contributed by atoms with E-state index in [4.69, 9.17) is 4.74 Å². The van der Waals surface area contributed by atoms with Crippen molar-refractivity contribution in [2.45, 2.75) is 20.4 Å². The predicted octanol–water partition coefficient (Wildman–Crippen LogP) is 3.76. The number of rotatable bonds is 4. The van der Waals surface area contributed by atoms with Crippen LogP contribution in [0.15, 0.2) is 23.6 Å². The van der Waals surface area contributed by atoms with Crippen molar-refractivity contribution >= 4 is 11.3 Å². The molecule has 0 aliphatic rings. The number of hydrogen-bond donors (Lipinski definition) is 1. The van der Waals surface area contributed by atoms with E-state index in [2.05, 4.69) is 42.7 Å². The minimum Gasteiger partial charge on any atom is -0.496 e. The van der Waals surface area contributed by atoms with Gasteiger partial charge in [0.25, 0.3) is 0 Å². The van der Waals surface area contributed by atoms with Crippen LogP contribution < -0.4 is 10.1 Å². The normalized spacial score (nSPS) is 10.7. The summed E-state index contributed by atoms with van der Waals surface area (Å²) < 4.78 is 5.40. The van der Waals surface area contributed by atoms with Crippen molar-refractivity contribution in [2.24, 2.45) is 0 Å². The van der Waals surface area contributed by atoms with E-state index in [1.54, 1.807) is 18.4 Å². The Morgan fingerprint density at radius 1 is 1.11 bits per heavy atom. The fourth-order valence-corrected chi connectivity index (χ4v) is 3.14. The molecule has 0 aliphatic carbocycles. The summed E-state index contributed by atoms with van der Waals surface area (Å²) in [5.74, 6) is 0.990. The molecule has 0 saturated heterocycles. The number of thiophene rings is 1. The van der Waals surface area contributed by atoms with Crippen LogP contribution in [0.25, 0.3) is 11.1 Å². The van der Waals surface area contributed by atoms with E-state index in [1.165, 1.54) is 27.1 Å². The molecule has 0 fully saturated rings. The third-order valence-electron chi connectivity index (χ3n) is 3.00. The van der Waals surface area contributed by atoms with Gasteiger partial charge >= 0.3 is 0 Å². The summed E-state index contributed by atoms with van der Waals surface area (Å²) in [6.07, 6.45) is 0. The third-order valence-corrected chi connectivity index (χ3v) is 3.94. The Morgan fingerprint density at radius 3 is 2.33 bits per heavy atom. The van der Waals surface area contributed by atoms with Gasteiger partial charge in [-0.05, 0) is 66.7 Å². The number of nitrogens with one attached hydrogen (secondary N) is 1. The number of hydrogen-bond acceptors (Lipinski definition) is 3. The zero-order valence-corrected chi connectivity index (χ0v) is 12.1. The molecule has 2 rings (SSSR count). The molecule has 1 aromatic heterocycles. The first kappa shape index (κ1) is 13.1. The SMILES string of the molecule is CNCc1cc(-c2cc(C)c(OC)c(C)c2)cs1. The van der Waals surface area contributed by atoms with Crippen LogP contribution in [0.2, 0.25) is 0 Å². The van der Waals surface area contributed by atoms with Crippen LogP contribution in [-0.2, 0) is 6.54 Å². The van der Waals surface area contributed by atoms with Gasteiger partial charge in [-0.3, -0.25) is 0 Å². The Hall–Kier alpha value is -1.32. The first-order valence-corrected chi connectivity index (χ1v) is 6.91. The average molecular weight is 261 g/mol. The van der Waals surface area contributed by atoms with Gasteiger partial charge in [0, 0.05) is 11.4 Å². The highest BCUT2D eigenvalue weighted by molar-refractivity contribution is 7.10. The monoisotopic (exact) mass is 261 g/mol. The average Bonchev–Trinajstić information content (AvgIpc) is 2.78. The quantitative estimate of drug-likeness (QED) is 0.905. The van der Waals surface area contributed by atoms with Crippen LogP contribution in [0.4, 0.5) is 0 Å². The summed E-state index contributed by atoms with van der Waals surface area (Å²) in [4.78, 5) is 1.36. The maximum Gasteiger partial charge on any atom is 0.124 e. The fraction of sp³-hybridized carbons (Fsp3) is 0.333. The van der Waals surface area contributed by atoms with Crippen molar-refractivity contribution in [3.8, 4) is 16.9 Å². The highest BCUT2D eigenvalue weighted by Crippen LogP contribution is 2.32. The highest BCUT2D eigenvalue weighted by atomic mass is 32.1. The summed E-state index contributed by atoms with van der Waals surface area (Å²) in [5, 5.41) is 5.40. The fourth-order valence-electron chi connectivity index (χ4n) is 2.24. The molecule has 0 spiro atoms. The predicted molar refractivity (Wildman–Crippen MR) is 78.5 cm³/mol. The van der Waals surface area contributed by atoms with Crippen molar-refractivity contribution in [2.75, 3.05) is 14.2 Å². The number of aryl methyl sites for hydroxylation is 2. The summed E-state index contributed by atoms with van der Waals surface area (Å²) >= 11 is 1.80. The molecule has 1 aromatic carbocycles. The topological polar surface area (TPSA) is 21.3 Å². The number of methoxy groups -OCH3 is 1. The van der Waals surface area contributed by atoms with E-state index in [-0.39, 0.29) is 0 Å².